The molecule has 1 aromatic heterocycles. The van der Waals surface area contributed by atoms with Crippen LogP contribution in [0.3, 0.4) is 0 Å². The molecule has 0 bridgehead atoms. The highest BCUT2D eigenvalue weighted by atomic mass is 19.1. The number of rotatable bonds is 11. The van der Waals surface area contributed by atoms with Crippen molar-refractivity contribution in [2.75, 3.05) is 38.5 Å². The van der Waals surface area contributed by atoms with E-state index < -0.39 is 41.2 Å². The summed E-state index contributed by atoms with van der Waals surface area (Å²) in [6.07, 6.45) is 8.97. The van der Waals surface area contributed by atoms with Gasteiger partial charge in [-0.15, -0.1) is 0 Å². The summed E-state index contributed by atoms with van der Waals surface area (Å²) in [5.41, 5.74) is -0.163. The monoisotopic (exact) mass is 680 g/mol. The number of nitrogens with one attached hydrogen (secondary N) is 4. The van der Waals surface area contributed by atoms with Gasteiger partial charge in [0.2, 0.25) is 11.8 Å². The van der Waals surface area contributed by atoms with Gasteiger partial charge in [-0.2, -0.15) is 5.10 Å². The molecule has 0 unspecified atom stereocenters. The van der Waals surface area contributed by atoms with E-state index in [1.165, 1.54) is 12.1 Å². The van der Waals surface area contributed by atoms with Crippen molar-refractivity contribution < 1.29 is 23.6 Å². The smallest absolute Gasteiger partial charge is 0.315 e. The number of nitrogens with zero attached hydrogens (tertiary/aromatic N) is 4. The van der Waals surface area contributed by atoms with Gasteiger partial charge in [0, 0.05) is 49.9 Å². The maximum atomic E-state index is 15.9. The third-order valence-electron chi connectivity index (χ3n) is 10.3. The molecular weight excluding hydrogens is 627 g/mol. The molecule has 1 aliphatic heterocycles. The summed E-state index contributed by atoms with van der Waals surface area (Å²) in [5, 5.41) is 15.8. The molecule has 2 atom stereocenters. The Kier molecular flexibility index (Phi) is 11.6. The first-order valence-corrected chi connectivity index (χ1v) is 17.8. The van der Waals surface area contributed by atoms with Crippen LogP contribution in [0.15, 0.2) is 30.5 Å². The van der Waals surface area contributed by atoms with Crippen molar-refractivity contribution in [1.82, 2.24) is 35.5 Å². The summed E-state index contributed by atoms with van der Waals surface area (Å²) in [4.78, 5) is 58.1. The van der Waals surface area contributed by atoms with E-state index in [0.717, 1.165) is 64.5 Å². The molecule has 3 aliphatic rings. The van der Waals surface area contributed by atoms with Crippen LogP contribution in [0.5, 0.6) is 0 Å². The third-order valence-corrected chi connectivity index (χ3v) is 10.3. The Balaban J connectivity index is 1.36. The zero-order valence-electron chi connectivity index (χ0n) is 29.6. The molecule has 1 saturated heterocycles. The first-order chi connectivity index (χ1) is 23.3. The first-order valence-electron chi connectivity index (χ1n) is 17.8. The Hall–Kier alpha value is -4.00. The maximum absolute atomic E-state index is 15.9. The van der Waals surface area contributed by atoms with Gasteiger partial charge in [0.25, 0.3) is 5.91 Å². The molecule has 4 N–H and O–H groups in total. The lowest BCUT2D eigenvalue weighted by Crippen LogP contribution is -2.61. The SMILES string of the molecule is CC(C)n1nccc1C(=O)N[C@H](C(=O)Nc1ccc(C(C)(C)[C@@H](NC(=O)NC2CC2)C(=O)N2CCN(C)CC2)cc1F)C1CCCCCC1. The van der Waals surface area contributed by atoms with Crippen LogP contribution in [0.25, 0.3) is 0 Å². The number of carbonyl (C=O) groups excluding carboxylic acids is 4. The Morgan fingerprint density at radius 1 is 0.918 bits per heavy atom. The molecular formula is C36H53FN8O4. The van der Waals surface area contributed by atoms with Crippen molar-refractivity contribution in [2.24, 2.45) is 5.92 Å². The van der Waals surface area contributed by atoms with Gasteiger partial charge in [-0.25, -0.2) is 9.18 Å². The third kappa shape index (κ3) is 8.97. The second kappa shape index (κ2) is 15.7. The molecule has 5 rings (SSSR count). The summed E-state index contributed by atoms with van der Waals surface area (Å²) in [5.74, 6) is -1.87. The van der Waals surface area contributed by atoms with E-state index in [-0.39, 0.29) is 29.6 Å². The summed E-state index contributed by atoms with van der Waals surface area (Å²) < 4.78 is 17.5. The Morgan fingerprint density at radius 2 is 1.59 bits per heavy atom. The molecule has 268 valence electrons. The molecule has 2 aromatic rings. The number of amides is 5. The fraction of sp³-hybridized carbons (Fsp3) is 0.639. The van der Waals surface area contributed by atoms with Gasteiger partial charge in [-0.1, -0.05) is 45.6 Å². The van der Waals surface area contributed by atoms with Gasteiger partial charge in [-0.3, -0.25) is 19.1 Å². The average Bonchev–Trinajstić information content (AvgIpc) is 3.80. The van der Waals surface area contributed by atoms with E-state index in [4.69, 9.17) is 0 Å². The summed E-state index contributed by atoms with van der Waals surface area (Å²) in [7, 11) is 2.00. The van der Waals surface area contributed by atoms with E-state index in [9.17, 15) is 19.2 Å². The molecule has 2 saturated carbocycles. The highest BCUT2D eigenvalue weighted by Crippen LogP contribution is 2.32. The molecule has 1 aromatic carbocycles. The van der Waals surface area contributed by atoms with Crippen LogP contribution < -0.4 is 21.3 Å². The van der Waals surface area contributed by atoms with Gasteiger partial charge < -0.3 is 31.1 Å². The lowest BCUT2D eigenvalue weighted by atomic mass is 9.76. The van der Waals surface area contributed by atoms with E-state index in [1.54, 1.807) is 27.9 Å². The van der Waals surface area contributed by atoms with Crippen molar-refractivity contribution in [3.63, 3.8) is 0 Å². The minimum Gasteiger partial charge on any atom is -0.339 e. The van der Waals surface area contributed by atoms with E-state index in [2.05, 4.69) is 31.3 Å². The van der Waals surface area contributed by atoms with E-state index in [0.29, 0.717) is 24.3 Å². The fourth-order valence-electron chi connectivity index (χ4n) is 6.90. The second-order valence-corrected chi connectivity index (χ2v) is 14.8. The topological polar surface area (TPSA) is 141 Å². The highest BCUT2D eigenvalue weighted by Gasteiger charge is 2.42. The summed E-state index contributed by atoms with van der Waals surface area (Å²) in [6, 6.07) is 3.94. The normalized spacial score (nSPS) is 19.1. The molecule has 2 heterocycles. The number of anilines is 1. The Morgan fingerprint density at radius 3 is 2.20 bits per heavy atom. The van der Waals surface area contributed by atoms with Crippen LogP contribution in [0.2, 0.25) is 0 Å². The largest absolute Gasteiger partial charge is 0.339 e. The number of piperazine rings is 1. The van der Waals surface area contributed by atoms with Crippen molar-refractivity contribution >= 4 is 29.4 Å². The van der Waals surface area contributed by atoms with Crippen LogP contribution in [0.4, 0.5) is 14.9 Å². The zero-order valence-corrected chi connectivity index (χ0v) is 29.6. The van der Waals surface area contributed by atoms with Gasteiger partial charge in [0.1, 0.15) is 23.6 Å². The Labute approximate surface area is 288 Å². The predicted molar refractivity (Wildman–Crippen MR) is 186 cm³/mol. The van der Waals surface area contributed by atoms with E-state index >= 15 is 4.39 Å². The van der Waals surface area contributed by atoms with Crippen molar-refractivity contribution in [3.05, 3.63) is 47.5 Å². The molecule has 13 heteroatoms. The molecule has 0 radical (unpaired) electrons. The van der Waals surface area contributed by atoms with Crippen LogP contribution in [0, 0.1) is 11.7 Å². The van der Waals surface area contributed by atoms with Crippen LogP contribution in [0.1, 0.15) is 101 Å². The lowest BCUT2D eigenvalue weighted by molar-refractivity contribution is -0.136. The number of urea groups is 1. The number of halogens is 1. The minimum atomic E-state index is -0.999. The molecule has 2 aliphatic carbocycles. The van der Waals surface area contributed by atoms with E-state index in [1.807, 2.05) is 34.7 Å². The average molecular weight is 681 g/mol. The van der Waals surface area contributed by atoms with Crippen molar-refractivity contribution in [3.8, 4) is 0 Å². The fourth-order valence-corrected chi connectivity index (χ4v) is 6.90. The maximum Gasteiger partial charge on any atom is 0.315 e. The van der Waals surface area contributed by atoms with Crippen LogP contribution >= 0.6 is 0 Å². The molecule has 0 spiro atoms. The Bertz CT molecular complexity index is 1490. The molecule has 12 nitrogen and oxygen atoms in total. The number of carbonyl (C=O) groups is 4. The lowest BCUT2D eigenvalue weighted by Gasteiger charge is -2.40. The van der Waals surface area contributed by atoms with Gasteiger partial charge in [0.15, 0.2) is 0 Å². The number of aromatic nitrogens is 2. The molecule has 3 fully saturated rings. The van der Waals surface area contributed by atoms with Crippen LogP contribution in [-0.2, 0) is 15.0 Å². The summed E-state index contributed by atoms with van der Waals surface area (Å²) in [6.45, 7) is 10.00. The highest BCUT2D eigenvalue weighted by molar-refractivity contribution is 6.00. The number of likely N-dealkylation sites (N-methyl/N-ethyl adjacent to an activating group) is 1. The quantitative estimate of drug-likeness (QED) is 0.263. The zero-order chi connectivity index (χ0) is 35.3. The predicted octanol–water partition coefficient (Wildman–Crippen LogP) is 4.19. The first kappa shape index (κ1) is 36.3. The second-order valence-electron chi connectivity index (χ2n) is 14.8. The standard InChI is InChI=1S/C36H53FN8O4/c1-23(2)45-29(16-17-38-45)32(46)41-30(24-10-8-6-7-9-11-24)33(47)40-28-15-12-25(22-27(28)37)36(3,4)31(42-35(49)39-26-13-14-26)34(48)44-20-18-43(5)19-21-44/h12,15-17,22-24,26,30-31H,6-11,13-14,18-21H2,1-5H3,(H,40,47)(H,41,46)(H2,39,42,49)/t30-,31-/m0/s1. The molecule has 5 amide bonds. The van der Waals surface area contributed by atoms with Crippen molar-refractivity contribution in [1.29, 1.82) is 0 Å². The van der Waals surface area contributed by atoms with Crippen LogP contribution in [-0.4, -0.2) is 94.7 Å². The number of hydrogen-bond donors (Lipinski definition) is 4. The van der Waals surface area contributed by atoms with Gasteiger partial charge >= 0.3 is 6.03 Å². The van der Waals surface area contributed by atoms with Gasteiger partial charge in [-0.05, 0) is 76.3 Å². The molecule has 49 heavy (non-hydrogen) atoms. The number of benzene rings is 1. The minimum absolute atomic E-state index is 0.0222. The summed E-state index contributed by atoms with van der Waals surface area (Å²) >= 11 is 0. The van der Waals surface area contributed by atoms with Gasteiger partial charge in [0.05, 0.1) is 5.69 Å². The van der Waals surface area contributed by atoms with Crippen molar-refractivity contribution in [2.45, 2.75) is 109 Å². The number of hydrogen-bond acceptors (Lipinski definition) is 6.